The summed E-state index contributed by atoms with van der Waals surface area (Å²) in [5.41, 5.74) is -2.20. The van der Waals surface area contributed by atoms with Crippen LogP contribution >= 0.6 is 33.3 Å². The van der Waals surface area contributed by atoms with Crippen molar-refractivity contribution < 1.29 is 17.2 Å². The molecule has 0 fully saturated rings. The van der Waals surface area contributed by atoms with E-state index in [2.05, 4.69) is 4.98 Å². The predicted molar refractivity (Wildman–Crippen MR) is 57.8 cm³/mol. The summed E-state index contributed by atoms with van der Waals surface area (Å²) in [6.07, 6.45) is -3.20. The minimum Gasteiger partial charge on any atom is -0.339 e. The molecule has 84 valence electrons. The third kappa shape index (κ3) is 2.88. The highest BCUT2D eigenvalue weighted by atomic mass is 127. The van der Waals surface area contributed by atoms with Gasteiger partial charge in [0.15, 0.2) is 10.5 Å². The molecule has 0 aromatic carbocycles. The second kappa shape index (κ2) is 4.34. The molecule has 0 atom stereocenters. The molecule has 0 spiro atoms. The first-order valence-electron chi connectivity index (χ1n) is 3.39. The molecule has 1 N–H and O–H groups in total. The molecule has 0 saturated heterocycles. The summed E-state index contributed by atoms with van der Waals surface area (Å²) in [6.45, 7) is 0. The Labute approximate surface area is 101 Å². The fourth-order valence-corrected chi connectivity index (χ4v) is 2.70. The summed E-state index contributed by atoms with van der Waals surface area (Å²) in [4.78, 5) is 13.2. The molecule has 4 nitrogen and oxygen atoms in total. The topological polar surface area (TPSA) is 67.0 Å². The zero-order valence-corrected chi connectivity index (χ0v) is 10.5. The first-order valence-corrected chi connectivity index (χ1v) is 6.78. The van der Waals surface area contributed by atoms with E-state index >= 15 is 0 Å². The van der Waals surface area contributed by atoms with Crippen molar-refractivity contribution in [2.45, 2.75) is 11.5 Å². The molecule has 0 amide bonds. The number of H-pyrrole nitrogens is 1. The van der Waals surface area contributed by atoms with E-state index in [1.54, 1.807) is 22.6 Å². The normalized spacial score (nSPS) is 12.1. The van der Waals surface area contributed by atoms with Crippen LogP contribution in [-0.4, -0.2) is 13.4 Å². The van der Waals surface area contributed by atoms with Crippen molar-refractivity contribution in [3.63, 3.8) is 0 Å². The molecular weight excluding hydrogens is 366 g/mol. The standard InChI is InChI=1S/C6H3ClF2INO3S/c7-15(13,14)6-4(5(8)9)2(12)1-3(10)11-6/h1,5H,(H,11,12). The fourth-order valence-electron chi connectivity index (χ4n) is 0.916. The van der Waals surface area contributed by atoms with Gasteiger partial charge in [-0.25, -0.2) is 17.2 Å². The number of aromatic nitrogens is 1. The maximum atomic E-state index is 12.4. The van der Waals surface area contributed by atoms with Crippen molar-refractivity contribution in [2.24, 2.45) is 0 Å². The predicted octanol–water partition coefficient (Wildman–Crippen LogP) is 1.84. The maximum absolute atomic E-state index is 12.4. The Balaban J connectivity index is 3.70. The van der Waals surface area contributed by atoms with Crippen molar-refractivity contribution in [3.8, 4) is 0 Å². The largest absolute Gasteiger partial charge is 0.339 e. The highest BCUT2D eigenvalue weighted by Crippen LogP contribution is 2.24. The Hall–Kier alpha value is -0.220. The average molecular weight is 370 g/mol. The Morgan fingerprint density at radius 1 is 1.47 bits per heavy atom. The third-order valence-electron chi connectivity index (χ3n) is 1.46. The van der Waals surface area contributed by atoms with E-state index in [9.17, 15) is 22.0 Å². The van der Waals surface area contributed by atoms with Crippen molar-refractivity contribution in [2.75, 3.05) is 0 Å². The third-order valence-corrected chi connectivity index (χ3v) is 3.32. The minimum absolute atomic E-state index is 0.112. The number of alkyl halides is 2. The van der Waals surface area contributed by atoms with Gasteiger partial charge in [0.25, 0.3) is 15.5 Å². The van der Waals surface area contributed by atoms with Gasteiger partial charge in [-0.15, -0.1) is 0 Å². The van der Waals surface area contributed by atoms with Crippen LogP contribution < -0.4 is 5.43 Å². The Bertz CT molecular complexity index is 542. The lowest BCUT2D eigenvalue weighted by Crippen LogP contribution is -2.16. The SMILES string of the molecule is O=c1cc(I)[nH]c(S(=O)(=O)Cl)c1C(F)F. The fraction of sp³-hybridized carbons (Fsp3) is 0.167. The van der Waals surface area contributed by atoms with Gasteiger partial charge in [0.05, 0.1) is 3.70 Å². The van der Waals surface area contributed by atoms with Gasteiger partial charge in [0.1, 0.15) is 5.56 Å². The van der Waals surface area contributed by atoms with Gasteiger partial charge in [-0.3, -0.25) is 4.79 Å². The van der Waals surface area contributed by atoms with E-state index in [1.807, 2.05) is 0 Å². The number of pyridine rings is 1. The Kier molecular flexibility index (Phi) is 3.71. The van der Waals surface area contributed by atoms with Crippen LogP contribution in [0.1, 0.15) is 12.0 Å². The molecule has 0 aliphatic rings. The van der Waals surface area contributed by atoms with Crippen LogP contribution in [0.3, 0.4) is 0 Å². The summed E-state index contributed by atoms with van der Waals surface area (Å²) < 4.78 is 46.8. The smallest absolute Gasteiger partial charge is 0.277 e. The van der Waals surface area contributed by atoms with Crippen LogP contribution in [-0.2, 0) is 9.05 Å². The molecule has 0 radical (unpaired) electrons. The number of nitrogens with one attached hydrogen (secondary N) is 1. The van der Waals surface area contributed by atoms with Gasteiger partial charge in [-0.05, 0) is 22.6 Å². The summed E-state index contributed by atoms with van der Waals surface area (Å²) in [5, 5.41) is -0.948. The number of hydrogen-bond acceptors (Lipinski definition) is 3. The molecule has 0 aliphatic heterocycles. The monoisotopic (exact) mass is 369 g/mol. The van der Waals surface area contributed by atoms with E-state index in [-0.39, 0.29) is 3.70 Å². The van der Waals surface area contributed by atoms with Crippen LogP contribution in [0.4, 0.5) is 8.78 Å². The van der Waals surface area contributed by atoms with Crippen LogP contribution in [0.15, 0.2) is 15.9 Å². The lowest BCUT2D eigenvalue weighted by molar-refractivity contribution is 0.145. The highest BCUT2D eigenvalue weighted by molar-refractivity contribution is 14.1. The number of halogens is 4. The van der Waals surface area contributed by atoms with E-state index < -0.39 is 31.5 Å². The molecule has 1 heterocycles. The molecule has 0 saturated carbocycles. The van der Waals surface area contributed by atoms with Crippen molar-refractivity contribution >= 4 is 42.3 Å². The minimum atomic E-state index is -4.39. The van der Waals surface area contributed by atoms with E-state index in [4.69, 9.17) is 10.7 Å². The summed E-state index contributed by atoms with van der Waals surface area (Å²) in [5.74, 6) is 0. The van der Waals surface area contributed by atoms with Gasteiger partial charge in [0.2, 0.25) is 0 Å². The number of rotatable bonds is 2. The molecule has 1 rings (SSSR count). The Morgan fingerprint density at radius 3 is 2.40 bits per heavy atom. The molecule has 1 aromatic rings. The zero-order valence-electron chi connectivity index (χ0n) is 6.80. The van der Waals surface area contributed by atoms with Crippen LogP contribution in [0.5, 0.6) is 0 Å². The van der Waals surface area contributed by atoms with Gasteiger partial charge in [-0.1, -0.05) is 0 Å². The average Bonchev–Trinajstić information content (AvgIpc) is 1.99. The second-order valence-electron chi connectivity index (χ2n) is 2.46. The van der Waals surface area contributed by atoms with E-state index in [1.165, 1.54) is 0 Å². The van der Waals surface area contributed by atoms with Crippen molar-refractivity contribution in [1.82, 2.24) is 4.98 Å². The highest BCUT2D eigenvalue weighted by Gasteiger charge is 2.26. The summed E-state index contributed by atoms with van der Waals surface area (Å²) in [7, 11) is 0.526. The molecule has 0 bridgehead atoms. The van der Waals surface area contributed by atoms with Crippen molar-refractivity contribution in [1.29, 1.82) is 0 Å². The van der Waals surface area contributed by atoms with Crippen LogP contribution in [0.2, 0.25) is 0 Å². The van der Waals surface area contributed by atoms with Crippen LogP contribution in [0.25, 0.3) is 0 Å². The maximum Gasteiger partial charge on any atom is 0.277 e. The molecule has 15 heavy (non-hydrogen) atoms. The first-order chi connectivity index (χ1) is 6.73. The number of aromatic amines is 1. The lowest BCUT2D eigenvalue weighted by atomic mass is 10.3. The first kappa shape index (κ1) is 12.8. The summed E-state index contributed by atoms with van der Waals surface area (Å²) in [6, 6.07) is 0.869. The van der Waals surface area contributed by atoms with Gasteiger partial charge >= 0.3 is 0 Å². The summed E-state index contributed by atoms with van der Waals surface area (Å²) >= 11 is 1.59. The molecular formula is C6H3ClF2INO3S. The van der Waals surface area contributed by atoms with Gasteiger partial charge in [0, 0.05) is 16.7 Å². The van der Waals surface area contributed by atoms with E-state index in [0.29, 0.717) is 0 Å². The molecule has 1 aromatic heterocycles. The van der Waals surface area contributed by atoms with Crippen LogP contribution in [0, 0.1) is 3.70 Å². The van der Waals surface area contributed by atoms with Crippen molar-refractivity contribution in [3.05, 3.63) is 25.6 Å². The molecule has 0 aliphatic carbocycles. The second-order valence-corrected chi connectivity index (χ2v) is 6.13. The van der Waals surface area contributed by atoms with E-state index in [0.717, 1.165) is 6.07 Å². The quantitative estimate of drug-likeness (QED) is 0.491. The zero-order chi connectivity index (χ0) is 11.8. The van der Waals surface area contributed by atoms with Gasteiger partial charge < -0.3 is 4.98 Å². The Morgan fingerprint density at radius 2 is 2.00 bits per heavy atom. The van der Waals surface area contributed by atoms with Gasteiger partial charge in [-0.2, -0.15) is 0 Å². The molecule has 0 unspecified atom stereocenters. The molecule has 9 heteroatoms. The number of hydrogen-bond donors (Lipinski definition) is 1. The lowest BCUT2D eigenvalue weighted by Gasteiger charge is -2.05.